The maximum Gasteiger partial charge on any atom is 0.163 e. The van der Waals surface area contributed by atoms with Crippen LogP contribution in [0, 0.1) is 5.41 Å². The molecule has 0 aliphatic heterocycles. The third-order valence-corrected chi connectivity index (χ3v) is 3.58. The predicted molar refractivity (Wildman–Crippen MR) is 65.2 cm³/mol. The third-order valence-electron chi connectivity index (χ3n) is 3.08. The Kier molecular flexibility index (Phi) is 2.72. The molecule has 1 aliphatic carbocycles. The van der Waals surface area contributed by atoms with Crippen LogP contribution in [-0.2, 0) is 6.42 Å². The summed E-state index contributed by atoms with van der Waals surface area (Å²) in [6.45, 7) is 4.34. The second-order valence-electron chi connectivity index (χ2n) is 5.07. The fourth-order valence-corrected chi connectivity index (χ4v) is 2.48. The normalized spacial score (nSPS) is 19.5. The minimum Gasteiger partial charge on any atom is -0.294 e. The van der Waals surface area contributed by atoms with Crippen LogP contribution in [0.5, 0.6) is 0 Å². The number of carbonyl (C=O) groups excluding carboxylic acids is 1. The summed E-state index contributed by atoms with van der Waals surface area (Å²) in [4.78, 5) is 12.1. The standard InChI is InChI=1S/C13H15BrO/c1-13(2)6-5-9-3-4-10(14)7-11(9)12(15)8-13/h3-4,7H,5-6,8H2,1-2H3. The average molecular weight is 267 g/mol. The van der Waals surface area contributed by atoms with Gasteiger partial charge in [0.25, 0.3) is 0 Å². The Hall–Kier alpha value is -0.630. The van der Waals surface area contributed by atoms with E-state index in [1.54, 1.807) is 0 Å². The molecule has 0 radical (unpaired) electrons. The summed E-state index contributed by atoms with van der Waals surface area (Å²) in [5.41, 5.74) is 2.26. The number of carbonyl (C=O) groups is 1. The molecule has 2 rings (SSSR count). The zero-order valence-corrected chi connectivity index (χ0v) is 10.7. The van der Waals surface area contributed by atoms with E-state index in [0.29, 0.717) is 6.42 Å². The van der Waals surface area contributed by atoms with Crippen LogP contribution in [0.15, 0.2) is 22.7 Å². The Morgan fingerprint density at radius 2 is 2.07 bits per heavy atom. The lowest BCUT2D eigenvalue weighted by molar-refractivity contribution is 0.0934. The van der Waals surface area contributed by atoms with Crippen molar-refractivity contribution < 1.29 is 4.79 Å². The Morgan fingerprint density at radius 1 is 1.33 bits per heavy atom. The molecule has 80 valence electrons. The van der Waals surface area contributed by atoms with Crippen LogP contribution in [0.1, 0.15) is 42.6 Å². The first-order valence-electron chi connectivity index (χ1n) is 5.30. The molecule has 0 heterocycles. The van der Waals surface area contributed by atoms with Crippen molar-refractivity contribution in [3.63, 3.8) is 0 Å². The van der Waals surface area contributed by atoms with E-state index in [1.807, 2.05) is 12.1 Å². The van der Waals surface area contributed by atoms with Crippen molar-refractivity contribution in [2.45, 2.75) is 33.1 Å². The molecule has 0 spiro atoms. The molecule has 0 bridgehead atoms. The molecule has 0 aromatic heterocycles. The number of halogens is 1. The fourth-order valence-electron chi connectivity index (χ4n) is 2.12. The number of fused-ring (bicyclic) bond motifs is 1. The van der Waals surface area contributed by atoms with Gasteiger partial charge in [-0.05, 0) is 36.0 Å². The van der Waals surface area contributed by atoms with E-state index in [4.69, 9.17) is 0 Å². The molecule has 1 aromatic carbocycles. The van der Waals surface area contributed by atoms with E-state index in [2.05, 4.69) is 35.8 Å². The first kappa shape index (κ1) is 10.9. The molecule has 0 N–H and O–H groups in total. The van der Waals surface area contributed by atoms with Gasteiger partial charge in [0.15, 0.2) is 5.78 Å². The summed E-state index contributed by atoms with van der Waals surface area (Å²) in [5.74, 6) is 0.286. The van der Waals surface area contributed by atoms with Crippen molar-refractivity contribution in [2.75, 3.05) is 0 Å². The van der Waals surface area contributed by atoms with E-state index < -0.39 is 0 Å². The van der Waals surface area contributed by atoms with Gasteiger partial charge in [0.2, 0.25) is 0 Å². The first-order chi connectivity index (χ1) is 6.98. The van der Waals surface area contributed by atoms with E-state index in [9.17, 15) is 4.79 Å². The zero-order chi connectivity index (χ0) is 11.1. The van der Waals surface area contributed by atoms with E-state index in [1.165, 1.54) is 5.56 Å². The Labute approximate surface area is 99.0 Å². The number of aryl methyl sites for hydroxylation is 1. The highest BCUT2D eigenvalue weighted by Gasteiger charge is 2.27. The van der Waals surface area contributed by atoms with Gasteiger partial charge < -0.3 is 0 Å². The lowest BCUT2D eigenvalue weighted by Crippen LogP contribution is -2.14. The molecule has 0 saturated carbocycles. The minimum absolute atomic E-state index is 0.141. The molecule has 1 nitrogen and oxygen atoms in total. The van der Waals surface area contributed by atoms with Crippen molar-refractivity contribution >= 4 is 21.7 Å². The molecule has 1 aromatic rings. The van der Waals surface area contributed by atoms with Gasteiger partial charge >= 0.3 is 0 Å². The van der Waals surface area contributed by atoms with Crippen molar-refractivity contribution in [1.29, 1.82) is 0 Å². The van der Waals surface area contributed by atoms with Gasteiger partial charge in [-0.3, -0.25) is 4.79 Å². The number of hydrogen-bond donors (Lipinski definition) is 0. The number of hydrogen-bond acceptors (Lipinski definition) is 1. The van der Waals surface area contributed by atoms with Crippen molar-refractivity contribution in [1.82, 2.24) is 0 Å². The number of Topliss-reactive ketones (excluding diaryl/α,β-unsaturated/α-hetero) is 1. The van der Waals surface area contributed by atoms with Crippen molar-refractivity contribution in [2.24, 2.45) is 5.41 Å². The van der Waals surface area contributed by atoms with Crippen LogP contribution in [0.2, 0.25) is 0 Å². The average Bonchev–Trinajstić information content (AvgIpc) is 2.24. The van der Waals surface area contributed by atoms with Crippen molar-refractivity contribution in [3.05, 3.63) is 33.8 Å². The van der Waals surface area contributed by atoms with E-state index in [0.717, 1.165) is 22.9 Å². The lowest BCUT2D eigenvalue weighted by Gasteiger charge is -2.20. The van der Waals surface area contributed by atoms with Crippen LogP contribution in [0.4, 0.5) is 0 Å². The Balaban J connectivity index is 2.44. The molecule has 0 amide bonds. The van der Waals surface area contributed by atoms with Gasteiger partial charge in [-0.1, -0.05) is 35.8 Å². The Bertz CT molecular complexity index is 407. The van der Waals surface area contributed by atoms with Crippen LogP contribution in [-0.4, -0.2) is 5.78 Å². The van der Waals surface area contributed by atoms with E-state index >= 15 is 0 Å². The second-order valence-corrected chi connectivity index (χ2v) is 5.98. The van der Waals surface area contributed by atoms with Crippen LogP contribution in [0.25, 0.3) is 0 Å². The molecule has 0 fully saturated rings. The number of rotatable bonds is 0. The fraction of sp³-hybridized carbons (Fsp3) is 0.462. The van der Waals surface area contributed by atoms with E-state index in [-0.39, 0.29) is 11.2 Å². The summed E-state index contributed by atoms with van der Waals surface area (Å²) in [5, 5.41) is 0. The molecular formula is C13H15BrO. The van der Waals surface area contributed by atoms with Crippen LogP contribution >= 0.6 is 15.9 Å². The largest absolute Gasteiger partial charge is 0.294 e. The highest BCUT2D eigenvalue weighted by molar-refractivity contribution is 9.10. The highest BCUT2D eigenvalue weighted by atomic mass is 79.9. The molecule has 2 heteroatoms. The second kappa shape index (κ2) is 3.75. The minimum atomic E-state index is 0.141. The summed E-state index contributed by atoms with van der Waals surface area (Å²) in [6, 6.07) is 6.04. The maximum absolute atomic E-state index is 12.1. The zero-order valence-electron chi connectivity index (χ0n) is 9.14. The summed E-state index contributed by atoms with van der Waals surface area (Å²) >= 11 is 3.42. The van der Waals surface area contributed by atoms with Gasteiger partial charge in [-0.2, -0.15) is 0 Å². The van der Waals surface area contributed by atoms with Gasteiger partial charge in [0.05, 0.1) is 0 Å². The van der Waals surface area contributed by atoms with Gasteiger partial charge in [0, 0.05) is 16.5 Å². The van der Waals surface area contributed by atoms with Gasteiger partial charge in [-0.25, -0.2) is 0 Å². The number of ketones is 1. The molecule has 15 heavy (non-hydrogen) atoms. The SMILES string of the molecule is CC1(C)CCc2ccc(Br)cc2C(=O)C1. The monoisotopic (exact) mass is 266 g/mol. The predicted octanol–water partition coefficient (Wildman–Crippen LogP) is 3.99. The summed E-state index contributed by atoms with van der Waals surface area (Å²) < 4.78 is 0.995. The highest BCUT2D eigenvalue weighted by Crippen LogP contribution is 2.34. The third kappa shape index (κ3) is 2.31. The Morgan fingerprint density at radius 3 is 2.80 bits per heavy atom. The van der Waals surface area contributed by atoms with Crippen LogP contribution in [0.3, 0.4) is 0 Å². The lowest BCUT2D eigenvalue weighted by atomic mass is 9.84. The molecule has 1 aliphatic rings. The maximum atomic E-state index is 12.1. The molecule has 0 saturated heterocycles. The van der Waals surface area contributed by atoms with Gasteiger partial charge in [0.1, 0.15) is 0 Å². The summed E-state index contributed by atoms with van der Waals surface area (Å²) in [6.07, 6.45) is 2.77. The van der Waals surface area contributed by atoms with Gasteiger partial charge in [-0.15, -0.1) is 0 Å². The first-order valence-corrected chi connectivity index (χ1v) is 6.09. The topological polar surface area (TPSA) is 17.1 Å². The van der Waals surface area contributed by atoms with Crippen molar-refractivity contribution in [3.8, 4) is 0 Å². The smallest absolute Gasteiger partial charge is 0.163 e. The quantitative estimate of drug-likeness (QED) is 0.649. The molecule has 0 unspecified atom stereocenters. The summed E-state index contributed by atoms with van der Waals surface area (Å²) in [7, 11) is 0. The molecular weight excluding hydrogens is 252 g/mol. The van der Waals surface area contributed by atoms with Crippen LogP contribution < -0.4 is 0 Å². The molecule has 0 atom stereocenters. The number of benzene rings is 1.